The van der Waals surface area contributed by atoms with Crippen molar-refractivity contribution in [2.45, 2.75) is 90.3 Å². The number of aromatic nitrogens is 3. The van der Waals surface area contributed by atoms with Crippen LogP contribution in [0, 0.1) is 12.8 Å². The van der Waals surface area contributed by atoms with Crippen LogP contribution in [0.2, 0.25) is 5.02 Å². The first-order chi connectivity index (χ1) is 15.2. The number of rotatable bonds is 6. The van der Waals surface area contributed by atoms with Crippen molar-refractivity contribution in [3.8, 4) is 11.5 Å². The number of nitrogens with zero attached hydrogens (tertiary/aromatic N) is 3. The highest BCUT2D eigenvalue weighted by atomic mass is 35.5. The van der Waals surface area contributed by atoms with Crippen LogP contribution in [0.25, 0.3) is 11.5 Å². The Morgan fingerprint density at radius 3 is 2.53 bits per heavy atom. The lowest BCUT2D eigenvalue weighted by Crippen LogP contribution is -2.42. The quantitative estimate of drug-likeness (QED) is 0.602. The second kappa shape index (κ2) is 9.25. The third-order valence-electron chi connectivity index (χ3n) is 5.91. The Hall–Kier alpha value is -2.35. The molecule has 0 aromatic carbocycles. The predicted molar refractivity (Wildman–Crippen MR) is 123 cm³/mol. The van der Waals surface area contributed by atoms with Gasteiger partial charge >= 0.3 is 6.09 Å². The van der Waals surface area contributed by atoms with E-state index in [2.05, 4.69) is 25.8 Å². The maximum atomic E-state index is 12.0. The van der Waals surface area contributed by atoms with E-state index >= 15 is 0 Å². The van der Waals surface area contributed by atoms with Gasteiger partial charge in [0.25, 0.3) is 0 Å². The molecular weight excluding hydrogens is 430 g/mol. The summed E-state index contributed by atoms with van der Waals surface area (Å²) in [5.74, 6) is 1.88. The fourth-order valence-electron chi connectivity index (χ4n) is 4.06. The summed E-state index contributed by atoms with van der Waals surface area (Å²) in [5, 5.41) is 11.0. The second-order valence-electron chi connectivity index (χ2n) is 9.95. The molecule has 4 rings (SSSR count). The zero-order valence-corrected chi connectivity index (χ0v) is 20.0. The van der Waals surface area contributed by atoms with Crippen molar-refractivity contribution >= 4 is 23.6 Å². The Morgan fingerprint density at radius 2 is 1.88 bits per heavy atom. The molecule has 1 amide bonds. The zero-order chi connectivity index (χ0) is 22.9. The zero-order valence-electron chi connectivity index (χ0n) is 19.2. The van der Waals surface area contributed by atoms with E-state index in [1.54, 1.807) is 6.20 Å². The molecule has 9 heteroatoms. The number of hydrogen-bond acceptors (Lipinski definition) is 7. The van der Waals surface area contributed by atoms with Crippen LogP contribution in [0.1, 0.15) is 70.6 Å². The van der Waals surface area contributed by atoms with Crippen molar-refractivity contribution in [3.05, 3.63) is 22.5 Å². The first kappa shape index (κ1) is 22.8. The average Bonchev–Trinajstić information content (AvgIpc) is 3.46. The Labute approximate surface area is 193 Å². The normalized spacial score (nSPS) is 21.3. The van der Waals surface area contributed by atoms with E-state index in [4.69, 9.17) is 20.9 Å². The largest absolute Gasteiger partial charge is 0.444 e. The summed E-state index contributed by atoms with van der Waals surface area (Å²) in [6.45, 7) is 7.55. The van der Waals surface area contributed by atoms with Gasteiger partial charge in [-0.15, -0.1) is 0 Å². The van der Waals surface area contributed by atoms with Gasteiger partial charge in [0, 0.05) is 17.6 Å². The van der Waals surface area contributed by atoms with E-state index in [0.717, 1.165) is 43.4 Å². The molecule has 0 radical (unpaired) electrons. The van der Waals surface area contributed by atoms with Crippen LogP contribution in [0.4, 0.5) is 10.7 Å². The summed E-state index contributed by atoms with van der Waals surface area (Å²) in [6, 6.07) is 0.342. The lowest BCUT2D eigenvalue weighted by Gasteiger charge is -2.30. The number of ether oxygens (including phenoxy) is 1. The minimum Gasteiger partial charge on any atom is -0.444 e. The predicted octanol–water partition coefficient (Wildman–Crippen LogP) is 5.29. The number of amides is 1. The molecule has 2 aromatic rings. The number of halogens is 1. The number of alkyl carbamates (subject to hydrolysis) is 1. The molecule has 0 unspecified atom stereocenters. The van der Waals surface area contributed by atoms with Crippen molar-refractivity contribution < 1.29 is 14.1 Å². The fraction of sp³-hybridized carbons (Fsp3) is 0.652. The van der Waals surface area contributed by atoms with Crippen LogP contribution in [0.3, 0.4) is 0 Å². The molecule has 0 spiro atoms. The topological polar surface area (TPSA) is 102 Å². The lowest BCUT2D eigenvalue weighted by molar-refractivity contribution is 0.0492. The van der Waals surface area contributed by atoms with E-state index in [0.29, 0.717) is 28.3 Å². The summed E-state index contributed by atoms with van der Waals surface area (Å²) in [6.07, 6.45) is 8.23. The van der Waals surface area contributed by atoms with Crippen LogP contribution >= 0.6 is 11.6 Å². The summed E-state index contributed by atoms with van der Waals surface area (Å²) in [7, 11) is 0. The maximum absolute atomic E-state index is 12.0. The SMILES string of the molecule is Cc1noc(-c2nc(N[C@H]3CC[C@H](NC(=O)OC(C)(C)C)CC3)ncc2Cl)c1CC1CC1. The molecular formula is C23H32ClN5O3. The highest BCUT2D eigenvalue weighted by molar-refractivity contribution is 6.32. The minimum atomic E-state index is -0.493. The van der Waals surface area contributed by atoms with E-state index in [1.165, 1.54) is 12.8 Å². The molecule has 8 nitrogen and oxygen atoms in total. The first-order valence-corrected chi connectivity index (χ1v) is 11.8. The molecule has 0 saturated heterocycles. The summed E-state index contributed by atoms with van der Waals surface area (Å²) < 4.78 is 11.0. The van der Waals surface area contributed by atoms with Crippen molar-refractivity contribution in [2.75, 3.05) is 5.32 Å². The monoisotopic (exact) mass is 461 g/mol. The molecule has 2 N–H and O–H groups in total. The molecule has 2 aromatic heterocycles. The van der Waals surface area contributed by atoms with Crippen LogP contribution in [0.15, 0.2) is 10.7 Å². The Kier molecular flexibility index (Phi) is 6.60. The van der Waals surface area contributed by atoms with Crippen LogP contribution < -0.4 is 10.6 Å². The third-order valence-corrected chi connectivity index (χ3v) is 6.19. The van der Waals surface area contributed by atoms with Crippen molar-refractivity contribution in [2.24, 2.45) is 5.92 Å². The van der Waals surface area contributed by atoms with E-state index < -0.39 is 5.60 Å². The molecule has 2 aliphatic rings. The van der Waals surface area contributed by atoms with Gasteiger partial charge in [-0.3, -0.25) is 0 Å². The molecule has 2 heterocycles. The standard InChI is InChI=1S/C23H32ClN5O3/c1-13-17(11-14-5-6-14)20(32-29-13)19-18(24)12-25-21(28-19)26-15-7-9-16(10-8-15)27-22(30)31-23(2,3)4/h12,14-16H,5-11H2,1-4H3,(H,27,30)(H,25,26,28)/t15-,16-. The number of carbonyl (C=O) groups excluding carboxylic acids is 1. The highest BCUT2D eigenvalue weighted by Crippen LogP contribution is 2.38. The molecule has 0 aliphatic heterocycles. The fourth-order valence-corrected chi connectivity index (χ4v) is 4.24. The van der Waals surface area contributed by atoms with Gasteiger partial charge in [-0.2, -0.15) is 0 Å². The van der Waals surface area contributed by atoms with E-state index in [1.807, 2.05) is 27.7 Å². The Bertz CT molecular complexity index is 959. The van der Waals surface area contributed by atoms with Gasteiger partial charge in [0.1, 0.15) is 11.3 Å². The van der Waals surface area contributed by atoms with Crippen molar-refractivity contribution in [1.82, 2.24) is 20.4 Å². The number of carbonyl (C=O) groups is 1. The van der Waals surface area contributed by atoms with Gasteiger partial charge in [-0.25, -0.2) is 14.8 Å². The van der Waals surface area contributed by atoms with Crippen LogP contribution in [-0.4, -0.2) is 38.9 Å². The van der Waals surface area contributed by atoms with Crippen molar-refractivity contribution in [1.29, 1.82) is 0 Å². The number of nitrogens with one attached hydrogen (secondary N) is 2. The van der Waals surface area contributed by atoms with Gasteiger partial charge < -0.3 is 19.9 Å². The van der Waals surface area contributed by atoms with E-state index in [-0.39, 0.29) is 18.2 Å². The first-order valence-electron chi connectivity index (χ1n) is 11.4. The maximum Gasteiger partial charge on any atom is 0.407 e. The third kappa shape index (κ3) is 5.91. The minimum absolute atomic E-state index is 0.117. The number of hydrogen-bond donors (Lipinski definition) is 2. The van der Waals surface area contributed by atoms with Gasteiger partial charge in [-0.1, -0.05) is 16.8 Å². The summed E-state index contributed by atoms with van der Waals surface area (Å²) >= 11 is 6.43. The Balaban J connectivity index is 1.37. The van der Waals surface area contributed by atoms with Crippen LogP contribution in [0.5, 0.6) is 0 Å². The van der Waals surface area contributed by atoms with Crippen molar-refractivity contribution in [3.63, 3.8) is 0 Å². The van der Waals surface area contributed by atoms with Gasteiger partial charge in [-0.05, 0) is 78.6 Å². The number of anilines is 1. The molecule has 174 valence electrons. The summed E-state index contributed by atoms with van der Waals surface area (Å²) in [5.41, 5.74) is 2.08. The molecule has 32 heavy (non-hydrogen) atoms. The molecule has 0 atom stereocenters. The van der Waals surface area contributed by atoms with Gasteiger partial charge in [0.2, 0.25) is 5.95 Å². The molecule has 0 bridgehead atoms. The van der Waals surface area contributed by atoms with Gasteiger partial charge in [0.15, 0.2) is 5.76 Å². The van der Waals surface area contributed by atoms with Crippen LogP contribution in [-0.2, 0) is 11.2 Å². The molecule has 2 saturated carbocycles. The highest BCUT2D eigenvalue weighted by Gasteiger charge is 2.29. The smallest absolute Gasteiger partial charge is 0.407 e. The molecule has 2 aliphatic carbocycles. The summed E-state index contributed by atoms with van der Waals surface area (Å²) in [4.78, 5) is 21.0. The van der Waals surface area contributed by atoms with Gasteiger partial charge in [0.05, 0.1) is 16.9 Å². The average molecular weight is 462 g/mol. The molecule has 2 fully saturated rings. The van der Waals surface area contributed by atoms with E-state index in [9.17, 15) is 4.79 Å². The second-order valence-corrected chi connectivity index (χ2v) is 10.4. The number of aryl methyl sites for hydroxylation is 1. The lowest BCUT2D eigenvalue weighted by atomic mass is 9.91. The Morgan fingerprint density at radius 1 is 1.19 bits per heavy atom.